The molecule has 5 heteroatoms. The van der Waals surface area contributed by atoms with E-state index in [1.54, 1.807) is 0 Å². The third-order valence-electron chi connectivity index (χ3n) is 1.67. The predicted molar refractivity (Wildman–Crippen MR) is 44.8 cm³/mol. The Hall–Kier alpha value is -1.20. The van der Waals surface area contributed by atoms with Crippen LogP contribution in [-0.4, -0.2) is 11.7 Å². The first-order chi connectivity index (χ1) is 6.06. The van der Waals surface area contributed by atoms with Crippen LogP contribution in [0, 0.1) is 11.6 Å². The number of aliphatic hydroxyl groups excluding tert-OH is 1. The molecule has 3 nitrogen and oxygen atoms in total. The Labute approximate surface area is 74.0 Å². The maximum absolute atomic E-state index is 13.0. The maximum atomic E-state index is 13.0. The quantitative estimate of drug-likeness (QED) is 0.593. The highest BCUT2D eigenvalue weighted by molar-refractivity contribution is 5.43. The lowest BCUT2D eigenvalue weighted by molar-refractivity contribution is 0.264. The van der Waals surface area contributed by atoms with Gasteiger partial charge < -0.3 is 16.6 Å². The van der Waals surface area contributed by atoms with E-state index in [1.165, 1.54) is 6.07 Å². The first-order valence-electron chi connectivity index (χ1n) is 3.67. The molecule has 1 aromatic rings. The van der Waals surface area contributed by atoms with Gasteiger partial charge in [0, 0.05) is 11.3 Å². The summed E-state index contributed by atoms with van der Waals surface area (Å²) < 4.78 is 25.7. The van der Waals surface area contributed by atoms with Gasteiger partial charge in [-0.05, 0) is 12.1 Å². The molecule has 0 aliphatic rings. The summed E-state index contributed by atoms with van der Waals surface area (Å²) in [5.41, 5.74) is 10.6. The van der Waals surface area contributed by atoms with Gasteiger partial charge in [0.05, 0.1) is 12.6 Å². The summed E-state index contributed by atoms with van der Waals surface area (Å²) in [7, 11) is 0. The molecule has 0 saturated heterocycles. The molecule has 0 aromatic heterocycles. The van der Waals surface area contributed by atoms with Gasteiger partial charge in [-0.3, -0.25) is 0 Å². The van der Waals surface area contributed by atoms with Gasteiger partial charge in [-0.2, -0.15) is 0 Å². The number of hydrogen-bond donors (Lipinski definition) is 3. The molecule has 0 amide bonds. The van der Waals surface area contributed by atoms with Gasteiger partial charge in [0.1, 0.15) is 0 Å². The SMILES string of the molecule is Nc1cc(F)c(F)c([C@@H](N)CO)c1. The minimum Gasteiger partial charge on any atom is -0.399 e. The number of benzene rings is 1. The molecule has 0 spiro atoms. The monoisotopic (exact) mass is 188 g/mol. The van der Waals surface area contributed by atoms with Crippen LogP contribution in [-0.2, 0) is 0 Å². The molecule has 0 fully saturated rings. The lowest BCUT2D eigenvalue weighted by Crippen LogP contribution is -2.17. The first kappa shape index (κ1) is 9.88. The second-order valence-corrected chi connectivity index (χ2v) is 2.70. The zero-order valence-electron chi connectivity index (χ0n) is 6.80. The number of nitrogen functional groups attached to an aromatic ring is 1. The lowest BCUT2D eigenvalue weighted by atomic mass is 10.1. The van der Waals surface area contributed by atoms with E-state index in [1.807, 2.05) is 0 Å². The largest absolute Gasteiger partial charge is 0.399 e. The van der Waals surface area contributed by atoms with Crippen molar-refractivity contribution >= 4 is 5.69 Å². The van der Waals surface area contributed by atoms with Crippen LogP contribution < -0.4 is 11.5 Å². The molecule has 72 valence electrons. The highest BCUT2D eigenvalue weighted by Gasteiger charge is 2.15. The van der Waals surface area contributed by atoms with Crippen molar-refractivity contribution in [2.45, 2.75) is 6.04 Å². The van der Waals surface area contributed by atoms with E-state index in [2.05, 4.69) is 0 Å². The van der Waals surface area contributed by atoms with Crippen LogP contribution in [0.2, 0.25) is 0 Å². The van der Waals surface area contributed by atoms with Crippen molar-refractivity contribution < 1.29 is 13.9 Å². The fourth-order valence-corrected chi connectivity index (χ4v) is 1.00. The molecule has 0 heterocycles. The van der Waals surface area contributed by atoms with Crippen LogP contribution >= 0.6 is 0 Å². The topological polar surface area (TPSA) is 72.3 Å². The Morgan fingerprint density at radius 1 is 1.38 bits per heavy atom. The number of nitrogens with two attached hydrogens (primary N) is 2. The molecule has 0 aliphatic carbocycles. The van der Waals surface area contributed by atoms with E-state index >= 15 is 0 Å². The molecule has 1 atom stereocenters. The van der Waals surface area contributed by atoms with Crippen molar-refractivity contribution in [3.05, 3.63) is 29.3 Å². The predicted octanol–water partition coefficient (Wildman–Crippen LogP) is 0.539. The molecule has 13 heavy (non-hydrogen) atoms. The van der Waals surface area contributed by atoms with E-state index in [9.17, 15) is 8.78 Å². The second-order valence-electron chi connectivity index (χ2n) is 2.70. The summed E-state index contributed by atoms with van der Waals surface area (Å²) >= 11 is 0. The van der Waals surface area contributed by atoms with E-state index < -0.39 is 24.3 Å². The Balaban J connectivity index is 3.20. The number of hydrogen-bond acceptors (Lipinski definition) is 3. The third-order valence-corrected chi connectivity index (χ3v) is 1.67. The third kappa shape index (κ3) is 1.93. The van der Waals surface area contributed by atoms with Gasteiger partial charge in [0.15, 0.2) is 11.6 Å². The van der Waals surface area contributed by atoms with Crippen LogP contribution in [0.3, 0.4) is 0 Å². The summed E-state index contributed by atoms with van der Waals surface area (Å²) in [4.78, 5) is 0. The van der Waals surface area contributed by atoms with Crippen LogP contribution in [0.15, 0.2) is 12.1 Å². The zero-order valence-corrected chi connectivity index (χ0v) is 6.80. The molecule has 0 saturated carbocycles. The van der Waals surface area contributed by atoms with Gasteiger partial charge in [-0.1, -0.05) is 0 Å². The zero-order chi connectivity index (χ0) is 10.0. The molecule has 0 aliphatic heterocycles. The van der Waals surface area contributed by atoms with Crippen molar-refractivity contribution in [3.8, 4) is 0 Å². The Morgan fingerprint density at radius 3 is 2.54 bits per heavy atom. The van der Waals surface area contributed by atoms with Gasteiger partial charge >= 0.3 is 0 Å². The Morgan fingerprint density at radius 2 is 2.00 bits per heavy atom. The van der Waals surface area contributed by atoms with Gasteiger partial charge in [-0.25, -0.2) is 8.78 Å². The average Bonchev–Trinajstić information content (AvgIpc) is 2.10. The summed E-state index contributed by atoms with van der Waals surface area (Å²) in [5.74, 6) is -2.12. The van der Waals surface area contributed by atoms with Crippen molar-refractivity contribution in [1.29, 1.82) is 0 Å². The van der Waals surface area contributed by atoms with Crippen molar-refractivity contribution in [2.75, 3.05) is 12.3 Å². The molecule has 0 bridgehead atoms. The van der Waals surface area contributed by atoms with E-state index in [4.69, 9.17) is 16.6 Å². The summed E-state index contributed by atoms with van der Waals surface area (Å²) in [6.07, 6.45) is 0. The molecule has 0 radical (unpaired) electrons. The molecule has 0 unspecified atom stereocenters. The lowest BCUT2D eigenvalue weighted by Gasteiger charge is -2.10. The highest BCUT2D eigenvalue weighted by Crippen LogP contribution is 2.20. The van der Waals surface area contributed by atoms with Crippen molar-refractivity contribution in [1.82, 2.24) is 0 Å². The van der Waals surface area contributed by atoms with Crippen LogP contribution in [0.1, 0.15) is 11.6 Å². The molecule has 5 N–H and O–H groups in total. The fourth-order valence-electron chi connectivity index (χ4n) is 1.00. The normalized spacial score (nSPS) is 12.9. The smallest absolute Gasteiger partial charge is 0.163 e. The minimum absolute atomic E-state index is 0.0813. The second kappa shape index (κ2) is 3.68. The van der Waals surface area contributed by atoms with Crippen LogP contribution in [0.25, 0.3) is 0 Å². The Kier molecular flexibility index (Phi) is 2.79. The first-order valence-corrected chi connectivity index (χ1v) is 3.67. The van der Waals surface area contributed by atoms with Gasteiger partial charge in [0.2, 0.25) is 0 Å². The van der Waals surface area contributed by atoms with Gasteiger partial charge in [-0.15, -0.1) is 0 Å². The Bertz CT molecular complexity index is 317. The van der Waals surface area contributed by atoms with Gasteiger partial charge in [0.25, 0.3) is 0 Å². The maximum Gasteiger partial charge on any atom is 0.163 e. The number of aliphatic hydroxyl groups is 1. The minimum atomic E-state index is -1.06. The molecular formula is C8H10F2N2O. The van der Waals surface area contributed by atoms with E-state index in [0.717, 1.165) is 6.07 Å². The van der Waals surface area contributed by atoms with Crippen LogP contribution in [0.5, 0.6) is 0 Å². The van der Waals surface area contributed by atoms with E-state index in [-0.39, 0.29) is 11.3 Å². The molecule has 1 rings (SSSR count). The summed E-state index contributed by atoms with van der Waals surface area (Å²) in [5, 5.41) is 8.64. The fraction of sp³-hybridized carbons (Fsp3) is 0.250. The van der Waals surface area contributed by atoms with E-state index in [0.29, 0.717) is 0 Å². The van der Waals surface area contributed by atoms with Crippen molar-refractivity contribution in [3.63, 3.8) is 0 Å². The van der Waals surface area contributed by atoms with Crippen molar-refractivity contribution in [2.24, 2.45) is 5.73 Å². The summed E-state index contributed by atoms with van der Waals surface area (Å²) in [6.45, 7) is -0.459. The van der Waals surface area contributed by atoms with Crippen LogP contribution in [0.4, 0.5) is 14.5 Å². The molecular weight excluding hydrogens is 178 g/mol. The molecule has 1 aromatic carbocycles. The summed E-state index contributed by atoms with van der Waals surface area (Å²) in [6, 6.07) is 1.13. The standard InChI is InChI=1S/C8H10F2N2O/c9-6-2-4(11)1-5(8(6)10)7(12)3-13/h1-2,7,13H,3,11-12H2/t7-/m0/s1. The number of halogens is 2. The highest BCUT2D eigenvalue weighted by atomic mass is 19.2. The average molecular weight is 188 g/mol. The number of rotatable bonds is 2. The number of anilines is 1.